The summed E-state index contributed by atoms with van der Waals surface area (Å²) in [6.07, 6.45) is 1.07. The van der Waals surface area contributed by atoms with Gasteiger partial charge in [0, 0.05) is 6.54 Å². The number of nitrogens with one attached hydrogen (secondary N) is 1. The first-order valence-corrected chi connectivity index (χ1v) is 6.56. The Morgan fingerprint density at radius 3 is 3.00 bits per heavy atom. The smallest absolute Gasteiger partial charge is 0.261 e. The third-order valence-electron chi connectivity index (χ3n) is 2.45. The second-order valence-electron chi connectivity index (χ2n) is 3.89. The summed E-state index contributed by atoms with van der Waals surface area (Å²) in [5.74, 6) is 6.18. The molecule has 1 rings (SSSR count). The molecule has 1 aromatic heterocycles. The van der Waals surface area contributed by atoms with E-state index in [0.717, 1.165) is 17.8 Å². The van der Waals surface area contributed by atoms with Crippen LogP contribution in [0.1, 0.15) is 34.8 Å². The maximum atomic E-state index is 11.8. The molecule has 0 bridgehead atoms. The Morgan fingerprint density at radius 2 is 2.35 bits per heavy atom. The van der Waals surface area contributed by atoms with E-state index in [9.17, 15) is 4.79 Å². The van der Waals surface area contributed by atoms with Crippen LogP contribution in [0.3, 0.4) is 0 Å². The van der Waals surface area contributed by atoms with Gasteiger partial charge in [0.2, 0.25) is 0 Å². The quantitative estimate of drug-likeness (QED) is 0.801. The number of nitrogens with two attached hydrogens (primary N) is 1. The first-order chi connectivity index (χ1) is 8.17. The van der Waals surface area contributed by atoms with Gasteiger partial charge < -0.3 is 11.1 Å². The Kier molecular flexibility index (Phi) is 5.75. The van der Waals surface area contributed by atoms with E-state index in [-0.39, 0.29) is 5.91 Å². The zero-order chi connectivity index (χ0) is 12.7. The standard InChI is InChI=1S/C13H18N2OS/c1-3-10(2)9-15-13(16)12-7-6-11(17-12)5-4-8-14/h6-7,10H,3,8-9,14H2,1-2H3,(H,15,16). The largest absolute Gasteiger partial charge is 0.351 e. The molecule has 0 radical (unpaired) electrons. The van der Waals surface area contributed by atoms with Crippen LogP contribution in [0, 0.1) is 17.8 Å². The van der Waals surface area contributed by atoms with Crippen molar-refractivity contribution in [2.24, 2.45) is 11.7 Å². The summed E-state index contributed by atoms with van der Waals surface area (Å²) in [4.78, 5) is 13.4. The van der Waals surface area contributed by atoms with Gasteiger partial charge in [-0.2, -0.15) is 0 Å². The van der Waals surface area contributed by atoms with Gasteiger partial charge in [-0.25, -0.2) is 0 Å². The number of hydrogen-bond acceptors (Lipinski definition) is 3. The predicted octanol–water partition coefficient (Wildman–Crippen LogP) is 1.83. The van der Waals surface area contributed by atoms with E-state index in [1.807, 2.05) is 6.07 Å². The fourth-order valence-corrected chi connectivity index (χ4v) is 1.96. The summed E-state index contributed by atoms with van der Waals surface area (Å²) in [5, 5.41) is 2.92. The van der Waals surface area contributed by atoms with Gasteiger partial charge in [-0.3, -0.25) is 4.79 Å². The molecule has 1 amide bonds. The predicted molar refractivity (Wildman–Crippen MR) is 72.0 cm³/mol. The minimum absolute atomic E-state index is 0.0175. The van der Waals surface area contributed by atoms with Crippen molar-refractivity contribution in [1.82, 2.24) is 5.32 Å². The molecule has 3 nitrogen and oxygen atoms in total. The summed E-state index contributed by atoms with van der Waals surface area (Å²) >= 11 is 1.40. The van der Waals surface area contributed by atoms with Crippen LogP contribution in [0.2, 0.25) is 0 Å². The van der Waals surface area contributed by atoms with Gasteiger partial charge in [-0.1, -0.05) is 32.1 Å². The molecule has 0 saturated carbocycles. The molecule has 0 aliphatic rings. The molecule has 0 saturated heterocycles. The summed E-state index contributed by atoms with van der Waals surface area (Å²) < 4.78 is 0. The highest BCUT2D eigenvalue weighted by Gasteiger charge is 2.09. The van der Waals surface area contributed by atoms with Crippen molar-refractivity contribution in [3.05, 3.63) is 21.9 Å². The Hall–Kier alpha value is -1.31. The second kappa shape index (κ2) is 7.10. The minimum atomic E-state index is -0.0175. The lowest BCUT2D eigenvalue weighted by Gasteiger charge is -2.08. The first-order valence-electron chi connectivity index (χ1n) is 5.74. The van der Waals surface area contributed by atoms with Gasteiger partial charge in [0.25, 0.3) is 5.91 Å². The van der Waals surface area contributed by atoms with Crippen molar-refractivity contribution < 1.29 is 4.79 Å². The number of carbonyl (C=O) groups is 1. The molecule has 0 spiro atoms. The second-order valence-corrected chi connectivity index (χ2v) is 4.98. The highest BCUT2D eigenvalue weighted by atomic mass is 32.1. The van der Waals surface area contributed by atoms with E-state index in [1.165, 1.54) is 11.3 Å². The molecule has 17 heavy (non-hydrogen) atoms. The summed E-state index contributed by atoms with van der Waals surface area (Å²) in [6, 6.07) is 3.66. The number of carbonyl (C=O) groups excluding carboxylic acids is 1. The van der Waals surface area contributed by atoms with Gasteiger partial charge >= 0.3 is 0 Å². The Labute approximate surface area is 106 Å². The van der Waals surface area contributed by atoms with Gasteiger partial charge in [0.1, 0.15) is 0 Å². The van der Waals surface area contributed by atoms with Crippen LogP contribution in [-0.4, -0.2) is 19.0 Å². The molecule has 0 aliphatic heterocycles. The van der Waals surface area contributed by atoms with Crippen LogP contribution in [0.4, 0.5) is 0 Å². The van der Waals surface area contributed by atoms with Gasteiger partial charge in [0.15, 0.2) is 0 Å². The molecule has 4 heteroatoms. The van der Waals surface area contributed by atoms with Crippen LogP contribution in [0.15, 0.2) is 12.1 Å². The van der Waals surface area contributed by atoms with Crippen LogP contribution in [0.5, 0.6) is 0 Å². The van der Waals surface area contributed by atoms with E-state index in [1.54, 1.807) is 6.07 Å². The van der Waals surface area contributed by atoms with Gasteiger partial charge in [-0.05, 0) is 18.1 Å². The fourth-order valence-electron chi connectivity index (χ4n) is 1.16. The number of hydrogen-bond donors (Lipinski definition) is 2. The van der Waals surface area contributed by atoms with Crippen molar-refractivity contribution in [2.75, 3.05) is 13.1 Å². The number of rotatable bonds is 4. The normalized spacial score (nSPS) is 11.5. The van der Waals surface area contributed by atoms with Crippen LogP contribution < -0.4 is 11.1 Å². The Bertz CT molecular complexity index is 428. The van der Waals surface area contributed by atoms with Crippen LogP contribution in [-0.2, 0) is 0 Å². The lowest BCUT2D eigenvalue weighted by atomic mass is 10.1. The highest BCUT2D eigenvalue weighted by molar-refractivity contribution is 7.14. The van der Waals surface area contributed by atoms with Crippen molar-refractivity contribution in [1.29, 1.82) is 0 Å². The lowest BCUT2D eigenvalue weighted by Crippen LogP contribution is -2.27. The molecule has 0 aromatic carbocycles. The van der Waals surface area contributed by atoms with E-state index < -0.39 is 0 Å². The van der Waals surface area contributed by atoms with Crippen molar-refractivity contribution >= 4 is 17.2 Å². The maximum absolute atomic E-state index is 11.8. The average molecular weight is 250 g/mol. The monoisotopic (exact) mass is 250 g/mol. The van der Waals surface area contributed by atoms with Gasteiger partial charge in [-0.15, -0.1) is 11.3 Å². The van der Waals surface area contributed by atoms with Crippen LogP contribution >= 0.6 is 11.3 Å². The third kappa shape index (κ3) is 4.59. The molecular weight excluding hydrogens is 232 g/mol. The topological polar surface area (TPSA) is 55.1 Å². The van der Waals surface area contributed by atoms with Crippen molar-refractivity contribution in [2.45, 2.75) is 20.3 Å². The van der Waals surface area contributed by atoms with E-state index in [0.29, 0.717) is 17.3 Å². The minimum Gasteiger partial charge on any atom is -0.351 e. The number of thiophene rings is 1. The summed E-state index contributed by atoms with van der Waals surface area (Å²) in [5.41, 5.74) is 5.29. The van der Waals surface area contributed by atoms with E-state index >= 15 is 0 Å². The fraction of sp³-hybridized carbons (Fsp3) is 0.462. The Balaban J connectivity index is 2.55. The molecule has 3 N–H and O–H groups in total. The maximum Gasteiger partial charge on any atom is 0.261 e. The zero-order valence-electron chi connectivity index (χ0n) is 10.2. The molecule has 0 fully saturated rings. The summed E-state index contributed by atoms with van der Waals surface area (Å²) in [7, 11) is 0. The molecular formula is C13H18N2OS. The summed E-state index contributed by atoms with van der Waals surface area (Å²) in [6.45, 7) is 5.29. The van der Waals surface area contributed by atoms with E-state index in [4.69, 9.17) is 5.73 Å². The Morgan fingerprint density at radius 1 is 1.59 bits per heavy atom. The molecule has 1 heterocycles. The molecule has 92 valence electrons. The molecule has 1 atom stereocenters. The zero-order valence-corrected chi connectivity index (χ0v) is 11.1. The average Bonchev–Trinajstić information content (AvgIpc) is 2.81. The molecule has 0 aliphatic carbocycles. The van der Waals surface area contributed by atoms with Crippen molar-refractivity contribution in [3.63, 3.8) is 0 Å². The van der Waals surface area contributed by atoms with E-state index in [2.05, 4.69) is 31.0 Å². The number of amides is 1. The van der Waals surface area contributed by atoms with Gasteiger partial charge in [0.05, 0.1) is 16.3 Å². The lowest BCUT2D eigenvalue weighted by molar-refractivity contribution is 0.0952. The molecule has 1 unspecified atom stereocenters. The van der Waals surface area contributed by atoms with Crippen LogP contribution in [0.25, 0.3) is 0 Å². The molecule has 1 aromatic rings. The highest BCUT2D eigenvalue weighted by Crippen LogP contribution is 2.15. The third-order valence-corrected chi connectivity index (χ3v) is 3.45. The van der Waals surface area contributed by atoms with Crippen molar-refractivity contribution in [3.8, 4) is 11.8 Å². The SMILES string of the molecule is CCC(C)CNC(=O)c1ccc(C#CCN)s1. The first kappa shape index (κ1) is 13.8.